The Balaban J connectivity index is 2.76. The van der Waals surface area contributed by atoms with Gasteiger partial charge in [-0.05, 0) is 38.1 Å². The Morgan fingerprint density at radius 2 is 1.75 bits per heavy atom. The van der Waals surface area contributed by atoms with E-state index in [-0.39, 0.29) is 11.7 Å². The molecule has 0 spiro atoms. The molecule has 0 fully saturated rings. The summed E-state index contributed by atoms with van der Waals surface area (Å²) in [6.07, 6.45) is 0. The number of halogens is 1. The van der Waals surface area contributed by atoms with Gasteiger partial charge in [-0.1, -0.05) is 0 Å². The largest absolute Gasteiger partial charge is 0.497 e. The SMILES string of the molecule is COc1ccc(OC(C)(C)C(=O)CCl)cc1. The molecule has 0 atom stereocenters. The number of rotatable bonds is 5. The first kappa shape index (κ1) is 12.8. The lowest BCUT2D eigenvalue weighted by Gasteiger charge is -2.24. The summed E-state index contributed by atoms with van der Waals surface area (Å²) >= 11 is 5.50. The van der Waals surface area contributed by atoms with Gasteiger partial charge in [-0.25, -0.2) is 0 Å². The molecule has 0 radical (unpaired) electrons. The zero-order valence-electron chi connectivity index (χ0n) is 9.62. The Labute approximate surface area is 100 Å². The number of ketones is 1. The topological polar surface area (TPSA) is 35.5 Å². The van der Waals surface area contributed by atoms with Crippen molar-refractivity contribution in [2.75, 3.05) is 13.0 Å². The first-order valence-electron chi connectivity index (χ1n) is 4.92. The van der Waals surface area contributed by atoms with Crippen molar-refractivity contribution in [2.24, 2.45) is 0 Å². The molecule has 1 rings (SSSR count). The second-order valence-electron chi connectivity index (χ2n) is 3.84. The summed E-state index contributed by atoms with van der Waals surface area (Å²) in [5.74, 6) is 1.16. The summed E-state index contributed by atoms with van der Waals surface area (Å²) in [5.41, 5.74) is -0.906. The van der Waals surface area contributed by atoms with Gasteiger partial charge in [-0.15, -0.1) is 11.6 Å². The lowest BCUT2D eigenvalue weighted by Crippen LogP contribution is -2.39. The number of ether oxygens (including phenoxy) is 2. The molecule has 0 amide bonds. The van der Waals surface area contributed by atoms with Crippen LogP contribution in [0.1, 0.15) is 13.8 Å². The van der Waals surface area contributed by atoms with Gasteiger partial charge in [-0.2, -0.15) is 0 Å². The third kappa shape index (κ3) is 3.14. The van der Waals surface area contributed by atoms with Crippen LogP contribution in [0.4, 0.5) is 0 Å². The van der Waals surface area contributed by atoms with Gasteiger partial charge in [0.2, 0.25) is 0 Å². The lowest BCUT2D eigenvalue weighted by molar-refractivity contribution is -0.129. The van der Waals surface area contributed by atoms with Crippen LogP contribution in [0.15, 0.2) is 24.3 Å². The Hall–Kier alpha value is -1.22. The second kappa shape index (κ2) is 5.21. The van der Waals surface area contributed by atoms with E-state index in [1.165, 1.54) is 0 Å². The monoisotopic (exact) mass is 242 g/mol. The van der Waals surface area contributed by atoms with Gasteiger partial charge in [0, 0.05) is 0 Å². The highest BCUT2D eigenvalue weighted by atomic mass is 35.5. The zero-order valence-corrected chi connectivity index (χ0v) is 10.4. The standard InChI is InChI=1S/C12H15ClO3/c1-12(2,11(14)8-13)16-10-6-4-9(15-3)5-7-10/h4-7H,8H2,1-3H3. The van der Waals surface area contributed by atoms with E-state index >= 15 is 0 Å². The third-order valence-corrected chi connectivity index (χ3v) is 2.47. The molecule has 4 heteroatoms. The van der Waals surface area contributed by atoms with E-state index < -0.39 is 5.60 Å². The first-order valence-corrected chi connectivity index (χ1v) is 5.45. The normalized spacial score (nSPS) is 11.0. The average Bonchev–Trinajstić information content (AvgIpc) is 2.28. The summed E-state index contributed by atoms with van der Waals surface area (Å²) in [4.78, 5) is 11.5. The smallest absolute Gasteiger partial charge is 0.190 e. The Bertz CT molecular complexity index is 357. The van der Waals surface area contributed by atoms with Crippen LogP contribution in [0.3, 0.4) is 0 Å². The molecule has 0 N–H and O–H groups in total. The van der Waals surface area contributed by atoms with Gasteiger partial charge in [-0.3, -0.25) is 4.79 Å². The lowest BCUT2D eigenvalue weighted by atomic mass is 10.1. The molecule has 0 unspecified atom stereocenters. The van der Waals surface area contributed by atoms with Crippen molar-refractivity contribution in [3.05, 3.63) is 24.3 Å². The van der Waals surface area contributed by atoms with Crippen LogP contribution in [0, 0.1) is 0 Å². The van der Waals surface area contributed by atoms with E-state index in [2.05, 4.69) is 0 Å². The van der Waals surface area contributed by atoms with Gasteiger partial charge in [0.05, 0.1) is 13.0 Å². The highest BCUT2D eigenvalue weighted by molar-refractivity contribution is 6.28. The van der Waals surface area contributed by atoms with Crippen molar-refractivity contribution in [1.29, 1.82) is 0 Å². The first-order chi connectivity index (χ1) is 7.49. The van der Waals surface area contributed by atoms with E-state index in [9.17, 15) is 4.79 Å². The average molecular weight is 243 g/mol. The molecule has 3 nitrogen and oxygen atoms in total. The fourth-order valence-corrected chi connectivity index (χ4v) is 1.48. The van der Waals surface area contributed by atoms with E-state index in [0.29, 0.717) is 5.75 Å². The minimum atomic E-state index is -0.906. The molecule has 0 heterocycles. The van der Waals surface area contributed by atoms with Crippen LogP contribution in [0.25, 0.3) is 0 Å². The quantitative estimate of drug-likeness (QED) is 0.745. The maximum atomic E-state index is 11.5. The predicted octanol–water partition coefficient (Wildman–Crippen LogP) is 2.66. The molecule has 0 saturated carbocycles. The Kier molecular flexibility index (Phi) is 4.19. The minimum absolute atomic E-state index is 0.0524. The molecule has 0 saturated heterocycles. The molecule has 1 aromatic carbocycles. The fraction of sp³-hybridized carbons (Fsp3) is 0.417. The predicted molar refractivity (Wildman–Crippen MR) is 63.4 cm³/mol. The van der Waals surface area contributed by atoms with Crippen molar-refractivity contribution in [3.63, 3.8) is 0 Å². The van der Waals surface area contributed by atoms with Crippen LogP contribution in [-0.2, 0) is 4.79 Å². The zero-order chi connectivity index (χ0) is 12.2. The maximum absolute atomic E-state index is 11.5. The van der Waals surface area contributed by atoms with Gasteiger partial charge in [0.1, 0.15) is 11.5 Å². The molecule has 1 aromatic rings. The Morgan fingerprint density at radius 1 is 1.25 bits per heavy atom. The fourth-order valence-electron chi connectivity index (χ4n) is 1.16. The molecule has 0 aliphatic heterocycles. The van der Waals surface area contributed by atoms with E-state index in [1.54, 1.807) is 45.2 Å². The summed E-state index contributed by atoms with van der Waals surface area (Å²) in [6.45, 7) is 3.39. The third-order valence-electron chi connectivity index (χ3n) is 2.23. The highest BCUT2D eigenvalue weighted by Crippen LogP contribution is 2.22. The van der Waals surface area contributed by atoms with E-state index in [0.717, 1.165) is 5.75 Å². The van der Waals surface area contributed by atoms with Crippen LogP contribution in [0.5, 0.6) is 11.5 Å². The number of Topliss-reactive ketones (excluding diaryl/α,β-unsaturated/α-hetero) is 1. The number of carbonyl (C=O) groups is 1. The van der Waals surface area contributed by atoms with Crippen molar-refractivity contribution < 1.29 is 14.3 Å². The summed E-state index contributed by atoms with van der Waals surface area (Å²) < 4.78 is 10.6. The molecule has 0 aliphatic carbocycles. The Morgan fingerprint density at radius 3 is 2.19 bits per heavy atom. The molecule has 0 bridgehead atoms. The van der Waals surface area contributed by atoms with Crippen molar-refractivity contribution in [3.8, 4) is 11.5 Å². The summed E-state index contributed by atoms with van der Waals surface area (Å²) in [6, 6.07) is 7.05. The minimum Gasteiger partial charge on any atom is -0.497 e. The van der Waals surface area contributed by atoms with Crippen LogP contribution in [0.2, 0.25) is 0 Å². The van der Waals surface area contributed by atoms with Gasteiger partial charge < -0.3 is 9.47 Å². The van der Waals surface area contributed by atoms with Crippen molar-refractivity contribution >= 4 is 17.4 Å². The number of benzene rings is 1. The van der Waals surface area contributed by atoms with E-state index in [1.807, 2.05) is 0 Å². The van der Waals surface area contributed by atoms with Crippen LogP contribution < -0.4 is 9.47 Å². The van der Waals surface area contributed by atoms with Gasteiger partial charge in [0.25, 0.3) is 0 Å². The number of carbonyl (C=O) groups excluding carboxylic acids is 1. The molecular weight excluding hydrogens is 228 g/mol. The molecule has 88 valence electrons. The number of hydrogen-bond acceptors (Lipinski definition) is 3. The summed E-state index contributed by atoms with van der Waals surface area (Å²) in [5, 5.41) is 0. The maximum Gasteiger partial charge on any atom is 0.190 e. The van der Waals surface area contributed by atoms with E-state index in [4.69, 9.17) is 21.1 Å². The number of alkyl halides is 1. The van der Waals surface area contributed by atoms with Gasteiger partial charge >= 0.3 is 0 Å². The molecule has 0 aliphatic rings. The second-order valence-corrected chi connectivity index (χ2v) is 4.11. The van der Waals surface area contributed by atoms with Crippen molar-refractivity contribution in [2.45, 2.75) is 19.4 Å². The molecule has 0 aromatic heterocycles. The molecule has 16 heavy (non-hydrogen) atoms. The van der Waals surface area contributed by atoms with Crippen LogP contribution in [-0.4, -0.2) is 24.4 Å². The summed E-state index contributed by atoms with van der Waals surface area (Å²) in [7, 11) is 1.59. The number of hydrogen-bond donors (Lipinski definition) is 0. The molecular formula is C12H15ClO3. The van der Waals surface area contributed by atoms with Crippen LogP contribution >= 0.6 is 11.6 Å². The van der Waals surface area contributed by atoms with Gasteiger partial charge in [0.15, 0.2) is 11.4 Å². The van der Waals surface area contributed by atoms with Crippen molar-refractivity contribution in [1.82, 2.24) is 0 Å². The number of methoxy groups -OCH3 is 1. The highest BCUT2D eigenvalue weighted by Gasteiger charge is 2.28.